The topological polar surface area (TPSA) is 80.5 Å². The first-order valence-electron chi connectivity index (χ1n) is 6.64. The summed E-state index contributed by atoms with van der Waals surface area (Å²) in [7, 11) is 0. The Balaban J connectivity index is 1.53. The Labute approximate surface area is 111 Å². The minimum Gasteiger partial charge on any atom is -0.366 e. The quantitative estimate of drug-likeness (QED) is 0.817. The molecule has 1 aromatic heterocycles. The molecule has 1 saturated carbocycles. The minimum absolute atomic E-state index is 0.00564. The van der Waals surface area contributed by atoms with E-state index in [2.05, 4.69) is 20.4 Å². The van der Waals surface area contributed by atoms with Crippen LogP contribution in [0.15, 0.2) is 4.52 Å². The number of nitrogens with zero attached hydrogens (tertiary/aromatic N) is 3. The number of rotatable bonds is 4. The van der Waals surface area contributed by atoms with Gasteiger partial charge in [-0.3, -0.25) is 9.69 Å². The van der Waals surface area contributed by atoms with E-state index >= 15 is 0 Å². The van der Waals surface area contributed by atoms with E-state index in [1.807, 2.05) is 0 Å². The minimum atomic E-state index is -0.390. The number of nitrogens with one attached hydrogen (secondary N) is 1. The van der Waals surface area contributed by atoms with Gasteiger partial charge in [0.05, 0.1) is 13.2 Å². The van der Waals surface area contributed by atoms with Crippen LogP contribution in [0.2, 0.25) is 0 Å². The lowest BCUT2D eigenvalue weighted by atomic mass is 10.2. The molecule has 3 rings (SSSR count). The lowest BCUT2D eigenvalue weighted by Gasteiger charge is -2.31. The molecule has 19 heavy (non-hydrogen) atoms. The van der Waals surface area contributed by atoms with Crippen molar-refractivity contribution >= 4 is 5.91 Å². The predicted molar refractivity (Wildman–Crippen MR) is 65.2 cm³/mol. The SMILES string of the molecule is Cc1noc(CN2CCOC(C(=O)NC3CC3)C2)n1. The Morgan fingerprint density at radius 3 is 3.05 bits per heavy atom. The van der Waals surface area contributed by atoms with Gasteiger partial charge in [0.15, 0.2) is 5.82 Å². The number of aryl methyl sites for hydroxylation is 1. The maximum absolute atomic E-state index is 11.9. The molecule has 1 unspecified atom stereocenters. The van der Waals surface area contributed by atoms with Crippen LogP contribution < -0.4 is 5.32 Å². The number of carbonyl (C=O) groups excluding carboxylic acids is 1. The van der Waals surface area contributed by atoms with Gasteiger partial charge in [0.2, 0.25) is 5.89 Å². The first-order chi connectivity index (χ1) is 9.20. The smallest absolute Gasteiger partial charge is 0.250 e. The molecule has 1 N–H and O–H groups in total. The molecule has 2 fully saturated rings. The molecule has 7 heteroatoms. The second-order valence-corrected chi connectivity index (χ2v) is 5.11. The number of carbonyl (C=O) groups is 1. The van der Waals surface area contributed by atoms with E-state index in [0.717, 1.165) is 19.4 Å². The fourth-order valence-electron chi connectivity index (χ4n) is 2.12. The van der Waals surface area contributed by atoms with Crippen LogP contribution in [0.4, 0.5) is 0 Å². The zero-order valence-corrected chi connectivity index (χ0v) is 11.0. The number of morpholine rings is 1. The molecule has 0 spiro atoms. The summed E-state index contributed by atoms with van der Waals surface area (Å²) < 4.78 is 10.6. The predicted octanol–water partition coefficient (Wildman–Crippen LogP) is -0.143. The summed E-state index contributed by atoms with van der Waals surface area (Å²) in [5.74, 6) is 1.21. The van der Waals surface area contributed by atoms with E-state index < -0.39 is 6.10 Å². The van der Waals surface area contributed by atoms with E-state index in [9.17, 15) is 4.79 Å². The normalized spacial score (nSPS) is 24.4. The van der Waals surface area contributed by atoms with Gasteiger partial charge in [0.25, 0.3) is 5.91 Å². The largest absolute Gasteiger partial charge is 0.366 e. The zero-order valence-electron chi connectivity index (χ0n) is 11.0. The summed E-state index contributed by atoms with van der Waals surface area (Å²) >= 11 is 0. The highest BCUT2D eigenvalue weighted by Crippen LogP contribution is 2.19. The van der Waals surface area contributed by atoms with Gasteiger partial charge in [-0.1, -0.05) is 5.16 Å². The molecule has 1 amide bonds. The first-order valence-corrected chi connectivity index (χ1v) is 6.64. The van der Waals surface area contributed by atoms with Gasteiger partial charge in [-0.25, -0.2) is 0 Å². The Morgan fingerprint density at radius 2 is 2.37 bits per heavy atom. The fraction of sp³-hybridized carbons (Fsp3) is 0.750. The molecule has 1 saturated heterocycles. The van der Waals surface area contributed by atoms with Gasteiger partial charge in [-0.2, -0.15) is 4.98 Å². The summed E-state index contributed by atoms with van der Waals surface area (Å²) in [6.45, 7) is 4.25. The Hall–Kier alpha value is -1.47. The lowest BCUT2D eigenvalue weighted by Crippen LogP contribution is -2.49. The maximum atomic E-state index is 11.9. The molecule has 7 nitrogen and oxygen atoms in total. The highest BCUT2D eigenvalue weighted by molar-refractivity contribution is 5.81. The Morgan fingerprint density at radius 1 is 1.53 bits per heavy atom. The van der Waals surface area contributed by atoms with E-state index in [1.54, 1.807) is 6.92 Å². The van der Waals surface area contributed by atoms with E-state index in [-0.39, 0.29) is 5.91 Å². The third-order valence-corrected chi connectivity index (χ3v) is 3.30. The molecule has 0 radical (unpaired) electrons. The van der Waals surface area contributed by atoms with Crippen molar-refractivity contribution in [2.45, 2.75) is 38.5 Å². The number of ether oxygens (including phenoxy) is 1. The molecule has 2 heterocycles. The summed E-state index contributed by atoms with van der Waals surface area (Å²) in [4.78, 5) is 18.2. The van der Waals surface area contributed by atoms with Crippen molar-refractivity contribution in [3.8, 4) is 0 Å². The second kappa shape index (κ2) is 5.26. The zero-order chi connectivity index (χ0) is 13.2. The molecule has 104 valence electrons. The van der Waals surface area contributed by atoms with E-state index in [0.29, 0.717) is 37.5 Å². The molecule has 1 aromatic rings. The molecule has 1 atom stereocenters. The molecule has 1 aliphatic carbocycles. The second-order valence-electron chi connectivity index (χ2n) is 5.11. The number of amides is 1. The number of hydrogen-bond donors (Lipinski definition) is 1. The van der Waals surface area contributed by atoms with Gasteiger partial charge in [-0.15, -0.1) is 0 Å². The van der Waals surface area contributed by atoms with Crippen LogP contribution >= 0.6 is 0 Å². The van der Waals surface area contributed by atoms with Crippen LogP contribution in [0.25, 0.3) is 0 Å². The number of hydrogen-bond acceptors (Lipinski definition) is 6. The fourth-order valence-corrected chi connectivity index (χ4v) is 2.12. The van der Waals surface area contributed by atoms with Crippen LogP contribution in [0.3, 0.4) is 0 Å². The average Bonchev–Trinajstić information content (AvgIpc) is 3.12. The van der Waals surface area contributed by atoms with Crippen LogP contribution in [-0.2, 0) is 16.1 Å². The maximum Gasteiger partial charge on any atom is 0.250 e. The van der Waals surface area contributed by atoms with Crippen molar-refractivity contribution in [3.05, 3.63) is 11.7 Å². The van der Waals surface area contributed by atoms with Gasteiger partial charge < -0.3 is 14.6 Å². The van der Waals surface area contributed by atoms with Crippen LogP contribution in [0.5, 0.6) is 0 Å². The molecular formula is C12H18N4O3. The molecule has 0 bridgehead atoms. The summed E-state index contributed by atoms with van der Waals surface area (Å²) in [5, 5.41) is 6.73. The molecular weight excluding hydrogens is 248 g/mol. The Bertz CT molecular complexity index is 458. The first kappa shape index (κ1) is 12.6. The lowest BCUT2D eigenvalue weighted by molar-refractivity contribution is -0.139. The summed E-state index contributed by atoms with van der Waals surface area (Å²) in [5.41, 5.74) is 0. The van der Waals surface area contributed by atoms with Crippen LogP contribution in [-0.4, -0.2) is 52.8 Å². The molecule has 0 aromatic carbocycles. The molecule has 1 aliphatic heterocycles. The third kappa shape index (κ3) is 3.30. The van der Waals surface area contributed by atoms with Crippen LogP contribution in [0, 0.1) is 6.92 Å². The van der Waals surface area contributed by atoms with Gasteiger partial charge in [0, 0.05) is 19.1 Å². The van der Waals surface area contributed by atoms with E-state index in [4.69, 9.17) is 9.26 Å². The van der Waals surface area contributed by atoms with Crippen LogP contribution in [0.1, 0.15) is 24.6 Å². The van der Waals surface area contributed by atoms with Gasteiger partial charge >= 0.3 is 0 Å². The van der Waals surface area contributed by atoms with Gasteiger partial charge in [0.1, 0.15) is 6.10 Å². The average molecular weight is 266 g/mol. The number of aromatic nitrogens is 2. The van der Waals surface area contributed by atoms with Crippen molar-refractivity contribution in [1.82, 2.24) is 20.4 Å². The highest BCUT2D eigenvalue weighted by atomic mass is 16.5. The Kier molecular flexibility index (Phi) is 3.48. The summed E-state index contributed by atoms with van der Waals surface area (Å²) in [6.07, 6.45) is 1.78. The van der Waals surface area contributed by atoms with E-state index in [1.165, 1.54) is 0 Å². The highest BCUT2D eigenvalue weighted by Gasteiger charge is 2.31. The standard InChI is InChI=1S/C12H18N4O3/c1-8-13-11(19-15-8)7-16-4-5-18-10(6-16)12(17)14-9-2-3-9/h9-10H,2-7H2,1H3,(H,14,17). The van der Waals surface area contributed by atoms with Crippen molar-refractivity contribution in [2.24, 2.45) is 0 Å². The third-order valence-electron chi connectivity index (χ3n) is 3.30. The van der Waals surface area contributed by atoms with Crippen molar-refractivity contribution in [1.29, 1.82) is 0 Å². The molecule has 2 aliphatic rings. The van der Waals surface area contributed by atoms with Crippen molar-refractivity contribution in [3.63, 3.8) is 0 Å². The van der Waals surface area contributed by atoms with Crippen molar-refractivity contribution in [2.75, 3.05) is 19.7 Å². The van der Waals surface area contributed by atoms with Crippen molar-refractivity contribution < 1.29 is 14.1 Å². The summed E-state index contributed by atoms with van der Waals surface area (Å²) in [6, 6.07) is 0.366. The van der Waals surface area contributed by atoms with Gasteiger partial charge in [-0.05, 0) is 19.8 Å². The monoisotopic (exact) mass is 266 g/mol.